The number of ether oxygens (including phenoxy) is 1. The number of anilines is 1. The Kier molecular flexibility index (Phi) is 7.15. The maximum absolute atomic E-state index is 6.23. The molecule has 1 fully saturated rings. The lowest BCUT2D eigenvalue weighted by molar-refractivity contribution is 0.122. The van der Waals surface area contributed by atoms with Crippen LogP contribution in [0, 0.1) is 0 Å². The maximum Gasteiger partial charge on any atom is 0.191 e. The monoisotopic (exact) mass is 407 g/mol. The zero-order valence-corrected chi connectivity index (χ0v) is 16.7. The highest BCUT2D eigenvalue weighted by atomic mass is 35.5. The van der Waals surface area contributed by atoms with Gasteiger partial charge in [-0.15, -0.1) is 0 Å². The van der Waals surface area contributed by atoms with Gasteiger partial charge in [0, 0.05) is 55.0 Å². The lowest BCUT2D eigenvalue weighted by atomic mass is 10.2. The van der Waals surface area contributed by atoms with Gasteiger partial charge >= 0.3 is 0 Å². The number of guanidine groups is 1. The first kappa shape index (κ1) is 19.7. The minimum absolute atomic E-state index is 0.555. The number of benzene rings is 1. The number of morpholine rings is 1. The molecule has 2 N–H and O–H groups in total. The Labute approximate surface area is 169 Å². The van der Waals surface area contributed by atoms with E-state index >= 15 is 0 Å². The van der Waals surface area contributed by atoms with E-state index in [4.69, 9.17) is 27.9 Å². The van der Waals surface area contributed by atoms with Gasteiger partial charge in [0.25, 0.3) is 0 Å². The van der Waals surface area contributed by atoms with Crippen LogP contribution >= 0.6 is 23.2 Å². The van der Waals surface area contributed by atoms with E-state index in [0.717, 1.165) is 43.2 Å². The second-order valence-corrected chi connectivity index (χ2v) is 6.94. The van der Waals surface area contributed by atoms with Crippen molar-refractivity contribution in [1.29, 1.82) is 0 Å². The van der Waals surface area contributed by atoms with Crippen molar-refractivity contribution in [3.05, 3.63) is 57.7 Å². The third kappa shape index (κ3) is 5.48. The van der Waals surface area contributed by atoms with Crippen molar-refractivity contribution in [2.75, 3.05) is 38.3 Å². The SMILES string of the molecule is CN=C(NCc1ccc(Cl)cc1Cl)NCc1cccnc1N1CCOCC1. The molecular weight excluding hydrogens is 385 g/mol. The number of hydrogen-bond acceptors (Lipinski definition) is 4. The Bertz CT molecular complexity index is 793. The zero-order valence-electron chi connectivity index (χ0n) is 15.2. The smallest absolute Gasteiger partial charge is 0.191 e. The Morgan fingerprint density at radius 1 is 1.15 bits per heavy atom. The predicted molar refractivity (Wildman–Crippen MR) is 111 cm³/mol. The van der Waals surface area contributed by atoms with Crippen LogP contribution < -0.4 is 15.5 Å². The van der Waals surface area contributed by atoms with Gasteiger partial charge in [0.2, 0.25) is 0 Å². The predicted octanol–water partition coefficient (Wildman–Crippen LogP) is 3.09. The first-order chi connectivity index (χ1) is 13.2. The van der Waals surface area contributed by atoms with Crippen LogP contribution in [0.3, 0.4) is 0 Å². The van der Waals surface area contributed by atoms with Crippen LogP contribution in [0.25, 0.3) is 0 Å². The van der Waals surface area contributed by atoms with Gasteiger partial charge in [-0.05, 0) is 23.8 Å². The molecule has 3 rings (SSSR count). The molecule has 1 aliphatic heterocycles. The van der Waals surface area contributed by atoms with E-state index in [9.17, 15) is 0 Å². The molecule has 6 nitrogen and oxygen atoms in total. The summed E-state index contributed by atoms with van der Waals surface area (Å²) < 4.78 is 5.43. The standard InChI is InChI=1S/C19H23Cl2N5O/c1-22-19(24-12-14-4-5-16(20)11-17(14)21)25-13-15-3-2-6-23-18(15)26-7-9-27-10-8-26/h2-6,11H,7-10,12-13H2,1H3,(H2,22,24,25). The van der Waals surface area contributed by atoms with Crippen molar-refractivity contribution in [2.24, 2.45) is 4.99 Å². The molecule has 8 heteroatoms. The zero-order chi connectivity index (χ0) is 19.1. The normalized spacial score (nSPS) is 14.9. The summed E-state index contributed by atoms with van der Waals surface area (Å²) in [5.41, 5.74) is 2.08. The Balaban J connectivity index is 1.59. The van der Waals surface area contributed by atoms with E-state index in [1.165, 1.54) is 0 Å². The molecule has 2 heterocycles. The van der Waals surface area contributed by atoms with Crippen molar-refractivity contribution < 1.29 is 4.74 Å². The lowest BCUT2D eigenvalue weighted by Crippen LogP contribution is -2.39. The summed E-state index contributed by atoms with van der Waals surface area (Å²) in [6, 6.07) is 9.49. The quantitative estimate of drug-likeness (QED) is 0.588. The number of hydrogen-bond donors (Lipinski definition) is 2. The minimum atomic E-state index is 0.555. The summed E-state index contributed by atoms with van der Waals surface area (Å²) in [6.45, 7) is 4.34. The molecule has 144 valence electrons. The molecule has 0 unspecified atom stereocenters. The summed E-state index contributed by atoms with van der Waals surface area (Å²) in [5, 5.41) is 7.87. The molecule has 1 saturated heterocycles. The van der Waals surface area contributed by atoms with E-state index in [1.54, 1.807) is 13.1 Å². The largest absolute Gasteiger partial charge is 0.378 e. The third-order valence-corrected chi connectivity index (χ3v) is 4.90. The van der Waals surface area contributed by atoms with E-state index in [-0.39, 0.29) is 0 Å². The first-order valence-electron chi connectivity index (χ1n) is 8.82. The first-order valence-corrected chi connectivity index (χ1v) is 9.58. The van der Waals surface area contributed by atoms with Crippen molar-refractivity contribution in [1.82, 2.24) is 15.6 Å². The highest BCUT2D eigenvalue weighted by molar-refractivity contribution is 6.35. The molecule has 0 bridgehead atoms. The fraction of sp³-hybridized carbons (Fsp3) is 0.368. The molecule has 1 aliphatic rings. The Hall–Kier alpha value is -2.02. The molecule has 1 aromatic heterocycles. The van der Waals surface area contributed by atoms with Crippen LogP contribution in [0.15, 0.2) is 41.5 Å². The van der Waals surface area contributed by atoms with Crippen molar-refractivity contribution in [3.63, 3.8) is 0 Å². The Morgan fingerprint density at radius 2 is 1.89 bits per heavy atom. The number of aliphatic imine (C=N–C) groups is 1. The van der Waals surface area contributed by atoms with Crippen LogP contribution in [0.1, 0.15) is 11.1 Å². The average Bonchev–Trinajstić information content (AvgIpc) is 2.70. The van der Waals surface area contributed by atoms with Gasteiger partial charge in [0.05, 0.1) is 13.2 Å². The average molecular weight is 408 g/mol. The van der Waals surface area contributed by atoms with Gasteiger partial charge in [-0.3, -0.25) is 4.99 Å². The van der Waals surface area contributed by atoms with Gasteiger partial charge < -0.3 is 20.3 Å². The minimum Gasteiger partial charge on any atom is -0.378 e. The van der Waals surface area contributed by atoms with E-state index in [1.807, 2.05) is 24.4 Å². The molecule has 0 saturated carbocycles. The lowest BCUT2D eigenvalue weighted by Gasteiger charge is -2.29. The molecule has 0 aliphatic carbocycles. The van der Waals surface area contributed by atoms with E-state index < -0.39 is 0 Å². The van der Waals surface area contributed by atoms with Gasteiger partial charge in [-0.1, -0.05) is 35.3 Å². The van der Waals surface area contributed by atoms with Crippen LogP contribution in [-0.2, 0) is 17.8 Å². The molecule has 0 spiro atoms. The number of pyridine rings is 1. The van der Waals surface area contributed by atoms with Crippen LogP contribution in [0.4, 0.5) is 5.82 Å². The number of halogens is 2. The van der Waals surface area contributed by atoms with E-state index in [0.29, 0.717) is 29.1 Å². The highest BCUT2D eigenvalue weighted by Gasteiger charge is 2.15. The molecule has 0 radical (unpaired) electrons. The third-order valence-electron chi connectivity index (χ3n) is 4.31. The van der Waals surface area contributed by atoms with E-state index in [2.05, 4.69) is 31.6 Å². The molecule has 27 heavy (non-hydrogen) atoms. The summed E-state index contributed by atoms with van der Waals surface area (Å²) in [4.78, 5) is 11.1. The van der Waals surface area contributed by atoms with Crippen molar-refractivity contribution in [3.8, 4) is 0 Å². The van der Waals surface area contributed by atoms with Gasteiger partial charge in [0.15, 0.2) is 5.96 Å². The number of nitrogens with zero attached hydrogens (tertiary/aromatic N) is 3. The number of aromatic nitrogens is 1. The number of rotatable bonds is 5. The second-order valence-electron chi connectivity index (χ2n) is 6.10. The molecule has 2 aromatic rings. The fourth-order valence-electron chi connectivity index (χ4n) is 2.87. The molecule has 0 amide bonds. The summed E-state index contributed by atoms with van der Waals surface area (Å²) >= 11 is 12.2. The van der Waals surface area contributed by atoms with Crippen molar-refractivity contribution >= 4 is 35.0 Å². The van der Waals surface area contributed by atoms with Crippen LogP contribution in [0.2, 0.25) is 10.0 Å². The summed E-state index contributed by atoms with van der Waals surface area (Å²) in [5.74, 6) is 1.68. The van der Waals surface area contributed by atoms with Gasteiger partial charge in [-0.25, -0.2) is 4.98 Å². The summed E-state index contributed by atoms with van der Waals surface area (Å²) in [7, 11) is 1.74. The molecule has 1 aromatic carbocycles. The Morgan fingerprint density at radius 3 is 2.59 bits per heavy atom. The summed E-state index contributed by atoms with van der Waals surface area (Å²) in [6.07, 6.45) is 1.82. The topological polar surface area (TPSA) is 61.8 Å². The molecule has 0 atom stereocenters. The van der Waals surface area contributed by atoms with Gasteiger partial charge in [0.1, 0.15) is 5.82 Å². The number of nitrogens with one attached hydrogen (secondary N) is 2. The van der Waals surface area contributed by atoms with Crippen molar-refractivity contribution in [2.45, 2.75) is 13.1 Å². The van der Waals surface area contributed by atoms with Crippen LogP contribution in [0.5, 0.6) is 0 Å². The second kappa shape index (κ2) is 9.78. The van der Waals surface area contributed by atoms with Crippen LogP contribution in [-0.4, -0.2) is 44.3 Å². The molecular formula is C19H23Cl2N5O. The maximum atomic E-state index is 6.23. The highest BCUT2D eigenvalue weighted by Crippen LogP contribution is 2.21. The fourth-order valence-corrected chi connectivity index (χ4v) is 3.35. The van der Waals surface area contributed by atoms with Gasteiger partial charge in [-0.2, -0.15) is 0 Å².